The number of hydrogen-bond donors (Lipinski definition) is 1. The molecule has 0 saturated carbocycles. The third-order valence-corrected chi connectivity index (χ3v) is 2.75. The number of rotatable bonds is 3. The Hall–Kier alpha value is -0.350. The Kier molecular flexibility index (Phi) is 6.06. The van der Waals surface area contributed by atoms with Crippen molar-refractivity contribution in [3.05, 3.63) is 29.0 Å². The van der Waals surface area contributed by atoms with Crippen LogP contribution in [0.1, 0.15) is 18.4 Å². The molecule has 1 fully saturated rings. The molecular weight excluding hydrogens is 247 g/mol. The van der Waals surface area contributed by atoms with E-state index in [4.69, 9.17) is 16.3 Å². The Morgan fingerprint density at radius 1 is 1.50 bits per heavy atom. The summed E-state index contributed by atoms with van der Waals surface area (Å²) in [5.41, 5.74) is 1.07. The van der Waals surface area contributed by atoms with Crippen LogP contribution in [-0.2, 0) is 11.3 Å². The molecule has 0 spiro atoms. The largest absolute Gasteiger partial charge is 0.372 e. The molecule has 2 rings (SSSR count). The summed E-state index contributed by atoms with van der Waals surface area (Å²) in [6, 6.07) is 3.74. The van der Waals surface area contributed by atoms with Gasteiger partial charge in [0.1, 0.15) is 5.15 Å². The first-order chi connectivity index (χ1) is 7.34. The van der Waals surface area contributed by atoms with E-state index >= 15 is 0 Å². The Morgan fingerprint density at radius 2 is 2.38 bits per heavy atom. The van der Waals surface area contributed by atoms with Gasteiger partial charge < -0.3 is 10.1 Å². The maximum Gasteiger partial charge on any atom is 0.129 e. The van der Waals surface area contributed by atoms with E-state index in [9.17, 15) is 0 Å². The van der Waals surface area contributed by atoms with Crippen molar-refractivity contribution in [1.29, 1.82) is 0 Å². The van der Waals surface area contributed by atoms with E-state index < -0.39 is 0 Å². The number of hydrogen-bond acceptors (Lipinski definition) is 3. The molecule has 0 aliphatic carbocycles. The lowest BCUT2D eigenvalue weighted by molar-refractivity contribution is 0.0252. The Labute approximate surface area is 107 Å². The third-order valence-electron chi connectivity index (χ3n) is 2.53. The highest BCUT2D eigenvalue weighted by Crippen LogP contribution is 2.11. The summed E-state index contributed by atoms with van der Waals surface area (Å²) < 4.78 is 5.76. The molecule has 0 aromatic carbocycles. The van der Waals surface area contributed by atoms with Crippen molar-refractivity contribution in [2.24, 2.45) is 0 Å². The number of pyridine rings is 1. The second-order valence-electron chi connectivity index (χ2n) is 3.77. The molecule has 1 aliphatic rings. The van der Waals surface area contributed by atoms with Crippen LogP contribution in [0.15, 0.2) is 18.3 Å². The molecule has 1 atom stereocenters. The van der Waals surface area contributed by atoms with Crippen LogP contribution in [0.2, 0.25) is 5.15 Å². The second-order valence-corrected chi connectivity index (χ2v) is 4.16. The average molecular weight is 263 g/mol. The van der Waals surface area contributed by atoms with Crippen molar-refractivity contribution in [3.8, 4) is 0 Å². The fourth-order valence-corrected chi connectivity index (χ4v) is 1.78. The number of nitrogens with zero attached hydrogens (tertiary/aromatic N) is 1. The number of ether oxygens (including phenoxy) is 1. The van der Waals surface area contributed by atoms with Crippen LogP contribution in [0.25, 0.3) is 0 Å². The van der Waals surface area contributed by atoms with Crippen molar-refractivity contribution in [3.63, 3.8) is 0 Å². The minimum atomic E-state index is 0. The fraction of sp³-hybridized carbons (Fsp3) is 0.545. The number of piperidine rings is 1. The maximum atomic E-state index is 5.76. The van der Waals surface area contributed by atoms with Gasteiger partial charge in [-0.1, -0.05) is 17.7 Å². The standard InChI is InChI=1S/C11H15ClN2O.ClH/c12-11-4-3-9(6-14-11)8-15-10-2-1-5-13-7-10;/h3-4,6,10,13H,1-2,5,7-8H2;1H/t10-;/m1./s1. The summed E-state index contributed by atoms with van der Waals surface area (Å²) in [4.78, 5) is 4.01. The smallest absolute Gasteiger partial charge is 0.129 e. The lowest BCUT2D eigenvalue weighted by Gasteiger charge is -2.22. The Balaban J connectivity index is 0.00000128. The topological polar surface area (TPSA) is 34.1 Å². The van der Waals surface area contributed by atoms with Crippen LogP contribution in [0, 0.1) is 0 Å². The lowest BCUT2D eigenvalue weighted by atomic mass is 10.1. The molecule has 0 radical (unpaired) electrons. The van der Waals surface area contributed by atoms with E-state index in [1.165, 1.54) is 6.42 Å². The highest BCUT2D eigenvalue weighted by Gasteiger charge is 2.12. The average Bonchev–Trinajstić information content (AvgIpc) is 2.30. The zero-order valence-electron chi connectivity index (χ0n) is 8.99. The van der Waals surface area contributed by atoms with E-state index in [2.05, 4.69) is 10.3 Å². The molecule has 1 saturated heterocycles. The van der Waals surface area contributed by atoms with Gasteiger partial charge in [-0.3, -0.25) is 0 Å². The molecular formula is C11H16Cl2N2O. The first kappa shape index (κ1) is 13.7. The SMILES string of the molecule is Cl.Clc1ccc(CO[C@@H]2CCCNC2)cn1. The van der Waals surface area contributed by atoms with Crippen molar-refractivity contribution in [2.75, 3.05) is 13.1 Å². The van der Waals surface area contributed by atoms with Crippen LogP contribution < -0.4 is 5.32 Å². The zero-order chi connectivity index (χ0) is 10.5. The van der Waals surface area contributed by atoms with Crippen LogP contribution in [-0.4, -0.2) is 24.2 Å². The summed E-state index contributed by atoms with van der Waals surface area (Å²) in [5.74, 6) is 0. The summed E-state index contributed by atoms with van der Waals surface area (Å²) in [6.45, 7) is 2.69. The fourth-order valence-electron chi connectivity index (χ4n) is 1.67. The lowest BCUT2D eigenvalue weighted by Crippen LogP contribution is -2.35. The van der Waals surface area contributed by atoms with Gasteiger partial charge in [0.25, 0.3) is 0 Å². The van der Waals surface area contributed by atoms with Crippen molar-refractivity contribution in [2.45, 2.75) is 25.6 Å². The summed E-state index contributed by atoms with van der Waals surface area (Å²) in [7, 11) is 0. The van der Waals surface area contributed by atoms with E-state index in [-0.39, 0.29) is 12.4 Å². The van der Waals surface area contributed by atoms with E-state index in [1.54, 1.807) is 12.3 Å². The summed E-state index contributed by atoms with van der Waals surface area (Å²) >= 11 is 5.70. The predicted octanol–water partition coefficient (Wildman–Crippen LogP) is 2.43. The van der Waals surface area contributed by atoms with Gasteiger partial charge in [-0.05, 0) is 31.0 Å². The van der Waals surface area contributed by atoms with Crippen molar-refractivity contribution in [1.82, 2.24) is 10.3 Å². The van der Waals surface area contributed by atoms with Gasteiger partial charge >= 0.3 is 0 Å². The number of halogens is 2. The van der Waals surface area contributed by atoms with Crippen LogP contribution in [0.3, 0.4) is 0 Å². The van der Waals surface area contributed by atoms with Crippen molar-refractivity contribution >= 4 is 24.0 Å². The molecule has 0 unspecified atom stereocenters. The highest BCUT2D eigenvalue weighted by molar-refractivity contribution is 6.29. The number of aromatic nitrogens is 1. The molecule has 0 amide bonds. The van der Waals surface area contributed by atoms with Gasteiger partial charge in [0, 0.05) is 12.7 Å². The third kappa shape index (κ3) is 4.26. The minimum Gasteiger partial charge on any atom is -0.372 e. The van der Waals surface area contributed by atoms with Gasteiger partial charge in [-0.15, -0.1) is 12.4 Å². The van der Waals surface area contributed by atoms with Crippen LogP contribution >= 0.6 is 24.0 Å². The molecule has 5 heteroatoms. The molecule has 1 aromatic heterocycles. The first-order valence-electron chi connectivity index (χ1n) is 5.27. The normalized spacial score (nSPS) is 20.2. The summed E-state index contributed by atoms with van der Waals surface area (Å²) in [6.07, 6.45) is 4.45. The number of nitrogens with one attached hydrogen (secondary N) is 1. The van der Waals surface area contributed by atoms with Crippen LogP contribution in [0.5, 0.6) is 0 Å². The maximum absolute atomic E-state index is 5.76. The molecule has 0 bridgehead atoms. The van der Waals surface area contributed by atoms with E-state index in [0.29, 0.717) is 17.9 Å². The molecule has 16 heavy (non-hydrogen) atoms. The van der Waals surface area contributed by atoms with Gasteiger partial charge in [0.15, 0.2) is 0 Å². The molecule has 90 valence electrons. The minimum absolute atomic E-state index is 0. The molecule has 1 aliphatic heterocycles. The van der Waals surface area contributed by atoms with Crippen LogP contribution in [0.4, 0.5) is 0 Å². The first-order valence-corrected chi connectivity index (χ1v) is 5.65. The monoisotopic (exact) mass is 262 g/mol. The predicted molar refractivity (Wildman–Crippen MR) is 67.2 cm³/mol. The van der Waals surface area contributed by atoms with Gasteiger partial charge in [-0.2, -0.15) is 0 Å². The van der Waals surface area contributed by atoms with Crippen molar-refractivity contribution < 1.29 is 4.74 Å². The summed E-state index contributed by atoms with van der Waals surface area (Å²) in [5, 5.41) is 3.84. The van der Waals surface area contributed by atoms with E-state index in [0.717, 1.165) is 25.1 Å². The van der Waals surface area contributed by atoms with Gasteiger partial charge in [0.05, 0.1) is 12.7 Å². The van der Waals surface area contributed by atoms with E-state index in [1.807, 2.05) is 6.07 Å². The molecule has 3 nitrogen and oxygen atoms in total. The molecule has 1 aromatic rings. The molecule has 2 heterocycles. The zero-order valence-corrected chi connectivity index (χ0v) is 10.6. The van der Waals surface area contributed by atoms with Gasteiger partial charge in [-0.25, -0.2) is 4.98 Å². The highest BCUT2D eigenvalue weighted by atomic mass is 35.5. The Morgan fingerprint density at radius 3 is 3.00 bits per heavy atom. The Bertz CT molecular complexity index is 299. The van der Waals surface area contributed by atoms with Gasteiger partial charge in [0.2, 0.25) is 0 Å². The molecule has 1 N–H and O–H groups in total. The second kappa shape index (κ2) is 7.07. The quantitative estimate of drug-likeness (QED) is 0.850.